The van der Waals surface area contributed by atoms with Crippen molar-refractivity contribution in [2.24, 2.45) is 0 Å². The molecule has 0 aliphatic carbocycles. The Morgan fingerprint density at radius 3 is 2.96 bits per heavy atom. The van der Waals surface area contributed by atoms with Crippen molar-refractivity contribution in [2.45, 2.75) is 26.6 Å². The van der Waals surface area contributed by atoms with Gasteiger partial charge in [-0.05, 0) is 36.8 Å². The highest BCUT2D eigenvalue weighted by Gasteiger charge is 2.07. The van der Waals surface area contributed by atoms with Crippen LogP contribution in [-0.4, -0.2) is 10.9 Å². The average Bonchev–Trinajstić information content (AvgIpc) is 3.19. The molecule has 0 radical (unpaired) electrons. The number of nitrogens with zero attached hydrogens (tertiary/aromatic N) is 1. The lowest BCUT2D eigenvalue weighted by atomic mass is 10.2. The van der Waals surface area contributed by atoms with Crippen molar-refractivity contribution in [3.05, 3.63) is 70.1 Å². The molecule has 0 bridgehead atoms. The number of rotatable bonds is 7. The lowest BCUT2D eigenvalue weighted by Crippen LogP contribution is -2.14. The van der Waals surface area contributed by atoms with E-state index in [1.54, 1.807) is 17.6 Å². The van der Waals surface area contributed by atoms with Crippen LogP contribution >= 0.6 is 11.3 Å². The van der Waals surface area contributed by atoms with Crippen LogP contribution in [0.5, 0.6) is 0 Å². The number of aryl methyl sites for hydroxylation is 1. The summed E-state index contributed by atoms with van der Waals surface area (Å²) in [6, 6.07) is 11.3. The van der Waals surface area contributed by atoms with Gasteiger partial charge < -0.3 is 14.5 Å². The van der Waals surface area contributed by atoms with Crippen LogP contribution in [0.15, 0.2) is 52.5 Å². The van der Waals surface area contributed by atoms with Gasteiger partial charge in [-0.15, -0.1) is 11.3 Å². The molecule has 0 atom stereocenters. The van der Waals surface area contributed by atoms with Gasteiger partial charge >= 0.3 is 0 Å². The molecule has 3 rings (SSSR count). The second-order valence-electron chi connectivity index (χ2n) is 5.36. The maximum atomic E-state index is 12.1. The second kappa shape index (κ2) is 7.90. The number of carbonyl (C=O) groups excluding carboxylic acids is 1. The van der Waals surface area contributed by atoms with E-state index in [1.165, 1.54) is 0 Å². The van der Waals surface area contributed by atoms with Gasteiger partial charge in [0.25, 0.3) is 0 Å². The van der Waals surface area contributed by atoms with Crippen LogP contribution in [0.1, 0.15) is 22.0 Å². The Morgan fingerprint density at radius 2 is 2.21 bits per heavy atom. The quantitative estimate of drug-likeness (QED) is 0.706. The molecule has 1 amide bonds. The Hall–Kier alpha value is -2.44. The summed E-state index contributed by atoms with van der Waals surface area (Å²) >= 11 is 1.55. The van der Waals surface area contributed by atoms with Gasteiger partial charge in [0.05, 0.1) is 30.0 Å². The number of hydrogen-bond donors (Lipinski definition) is 1. The molecule has 0 saturated heterocycles. The molecule has 0 aliphatic rings. The second-order valence-corrected chi connectivity index (χ2v) is 6.42. The van der Waals surface area contributed by atoms with Crippen LogP contribution in [0.4, 0.5) is 5.69 Å². The third-order valence-corrected chi connectivity index (χ3v) is 4.13. The molecule has 0 unspecified atom stereocenters. The van der Waals surface area contributed by atoms with Crippen molar-refractivity contribution in [1.29, 1.82) is 0 Å². The lowest BCUT2D eigenvalue weighted by molar-refractivity contribution is -0.115. The summed E-state index contributed by atoms with van der Waals surface area (Å²) in [5, 5.41) is 5.77. The molecule has 24 heavy (non-hydrogen) atoms. The molecule has 3 aromatic rings. The third kappa shape index (κ3) is 4.78. The predicted molar refractivity (Wildman–Crippen MR) is 92.8 cm³/mol. The maximum Gasteiger partial charge on any atom is 0.230 e. The summed E-state index contributed by atoms with van der Waals surface area (Å²) in [7, 11) is 0. The first-order chi connectivity index (χ1) is 11.7. The number of anilines is 1. The number of aromatic nitrogens is 1. The van der Waals surface area contributed by atoms with Crippen molar-refractivity contribution in [2.75, 3.05) is 5.32 Å². The highest BCUT2D eigenvalue weighted by Crippen LogP contribution is 2.14. The highest BCUT2D eigenvalue weighted by molar-refractivity contribution is 7.09. The SMILES string of the molecule is Cc1nc(CC(=O)Nc2cccc(COCc3ccco3)c2)cs1. The van der Waals surface area contributed by atoms with Crippen molar-refractivity contribution in [1.82, 2.24) is 4.98 Å². The number of hydrogen-bond acceptors (Lipinski definition) is 5. The van der Waals surface area contributed by atoms with Gasteiger partial charge in [0.2, 0.25) is 5.91 Å². The van der Waals surface area contributed by atoms with Crippen molar-refractivity contribution in [3.8, 4) is 0 Å². The molecule has 1 N–H and O–H groups in total. The fourth-order valence-electron chi connectivity index (χ4n) is 2.26. The molecule has 6 heteroatoms. The lowest BCUT2D eigenvalue weighted by Gasteiger charge is -2.07. The van der Waals surface area contributed by atoms with E-state index in [0.717, 1.165) is 27.7 Å². The van der Waals surface area contributed by atoms with Crippen molar-refractivity contribution >= 4 is 22.9 Å². The highest BCUT2D eigenvalue weighted by atomic mass is 32.1. The van der Waals surface area contributed by atoms with Crippen LogP contribution in [-0.2, 0) is 29.2 Å². The summed E-state index contributed by atoms with van der Waals surface area (Å²) in [5.41, 5.74) is 2.54. The fourth-order valence-corrected chi connectivity index (χ4v) is 2.87. The van der Waals surface area contributed by atoms with Gasteiger partial charge in [-0.1, -0.05) is 12.1 Å². The number of nitrogens with one attached hydrogen (secondary N) is 1. The Morgan fingerprint density at radius 1 is 1.29 bits per heavy atom. The van der Waals surface area contributed by atoms with E-state index in [2.05, 4.69) is 10.3 Å². The minimum absolute atomic E-state index is 0.0750. The molecule has 2 heterocycles. The van der Waals surface area contributed by atoms with E-state index < -0.39 is 0 Å². The molecule has 0 fully saturated rings. The van der Waals surface area contributed by atoms with Gasteiger partial charge in [-0.3, -0.25) is 4.79 Å². The van der Waals surface area contributed by atoms with E-state index in [-0.39, 0.29) is 12.3 Å². The topological polar surface area (TPSA) is 64.4 Å². The number of thiazole rings is 1. The van der Waals surface area contributed by atoms with Gasteiger partial charge in [-0.2, -0.15) is 0 Å². The molecule has 0 spiro atoms. The van der Waals surface area contributed by atoms with Gasteiger partial charge in [0.15, 0.2) is 0 Å². The van der Waals surface area contributed by atoms with Gasteiger partial charge in [0, 0.05) is 11.1 Å². The van der Waals surface area contributed by atoms with Crippen LogP contribution in [0.25, 0.3) is 0 Å². The Labute approximate surface area is 144 Å². The molecule has 5 nitrogen and oxygen atoms in total. The molecule has 0 saturated carbocycles. The number of furan rings is 1. The summed E-state index contributed by atoms with van der Waals surface area (Å²) in [5.74, 6) is 0.715. The average molecular weight is 342 g/mol. The van der Waals surface area contributed by atoms with Gasteiger partial charge in [0.1, 0.15) is 12.4 Å². The number of ether oxygens (including phenoxy) is 1. The Kier molecular flexibility index (Phi) is 5.40. The standard InChI is InChI=1S/C18H18N2O3S/c1-13-19-16(12-24-13)9-18(21)20-15-5-2-4-14(8-15)10-22-11-17-6-3-7-23-17/h2-8,12H,9-11H2,1H3,(H,20,21). The van der Waals surface area contributed by atoms with E-state index >= 15 is 0 Å². The van der Waals surface area contributed by atoms with Crippen LogP contribution in [0.3, 0.4) is 0 Å². The number of carbonyl (C=O) groups is 1. The van der Waals surface area contributed by atoms with Crippen LogP contribution in [0.2, 0.25) is 0 Å². The smallest absolute Gasteiger partial charge is 0.230 e. The first-order valence-corrected chi connectivity index (χ1v) is 8.47. The minimum atomic E-state index is -0.0750. The maximum absolute atomic E-state index is 12.1. The monoisotopic (exact) mass is 342 g/mol. The molecule has 1 aromatic carbocycles. The van der Waals surface area contributed by atoms with E-state index in [0.29, 0.717) is 13.2 Å². The first-order valence-electron chi connectivity index (χ1n) is 7.59. The third-order valence-electron chi connectivity index (χ3n) is 3.31. The summed E-state index contributed by atoms with van der Waals surface area (Å²) in [6.45, 7) is 2.81. The van der Waals surface area contributed by atoms with E-state index in [9.17, 15) is 4.79 Å². The molecule has 0 aliphatic heterocycles. The fraction of sp³-hybridized carbons (Fsp3) is 0.222. The normalized spacial score (nSPS) is 10.7. The molecule has 2 aromatic heterocycles. The number of amides is 1. The summed E-state index contributed by atoms with van der Waals surface area (Å²) in [4.78, 5) is 16.4. The molecular weight excluding hydrogens is 324 g/mol. The molecular formula is C18H18N2O3S. The summed E-state index contributed by atoms with van der Waals surface area (Å²) < 4.78 is 10.8. The zero-order chi connectivity index (χ0) is 16.8. The van der Waals surface area contributed by atoms with E-state index in [1.807, 2.05) is 48.7 Å². The zero-order valence-electron chi connectivity index (χ0n) is 13.3. The van der Waals surface area contributed by atoms with Gasteiger partial charge in [-0.25, -0.2) is 4.98 Å². The Balaban J connectivity index is 1.51. The van der Waals surface area contributed by atoms with Crippen LogP contribution in [0, 0.1) is 6.92 Å². The van der Waals surface area contributed by atoms with Crippen molar-refractivity contribution in [3.63, 3.8) is 0 Å². The predicted octanol–water partition coefficient (Wildman–Crippen LogP) is 3.94. The first kappa shape index (κ1) is 16.4. The van der Waals surface area contributed by atoms with Crippen LogP contribution < -0.4 is 5.32 Å². The van der Waals surface area contributed by atoms with E-state index in [4.69, 9.17) is 9.15 Å². The van der Waals surface area contributed by atoms with Crippen molar-refractivity contribution < 1.29 is 13.9 Å². The zero-order valence-corrected chi connectivity index (χ0v) is 14.1. The Bertz CT molecular complexity index is 796. The molecule has 124 valence electrons. The number of benzene rings is 1. The summed E-state index contributed by atoms with van der Waals surface area (Å²) in [6.07, 6.45) is 1.91. The minimum Gasteiger partial charge on any atom is -0.467 e. The largest absolute Gasteiger partial charge is 0.467 e.